The van der Waals surface area contributed by atoms with Crippen LogP contribution in [-0.2, 0) is 9.59 Å². The Morgan fingerprint density at radius 2 is 1.59 bits per heavy atom. The van der Waals surface area contributed by atoms with E-state index < -0.39 is 0 Å². The number of carbonyl (C=O) groups excluding carboxylic acids is 2. The van der Waals surface area contributed by atoms with Gasteiger partial charge in [-0.3, -0.25) is 9.59 Å². The molecule has 2 aromatic rings. The van der Waals surface area contributed by atoms with Gasteiger partial charge in [-0.05, 0) is 36.8 Å². The molecule has 0 spiro atoms. The van der Waals surface area contributed by atoms with E-state index in [1.54, 1.807) is 0 Å². The Bertz CT molecular complexity index is 669. The Morgan fingerprint density at radius 1 is 0.909 bits per heavy atom. The molecule has 0 saturated carbocycles. The zero-order chi connectivity index (χ0) is 15.9. The van der Waals surface area contributed by atoms with Crippen LogP contribution in [0.1, 0.15) is 12.5 Å². The van der Waals surface area contributed by atoms with Crippen LogP contribution in [0.2, 0.25) is 0 Å². The highest BCUT2D eigenvalue weighted by Crippen LogP contribution is 2.23. The number of nitrogens with one attached hydrogen (secondary N) is 3. The third kappa shape index (κ3) is 4.34. The maximum atomic E-state index is 11.9. The minimum absolute atomic E-state index is 0.123. The molecule has 0 atom stereocenters. The number of carbonyl (C=O) groups is 2. The van der Waals surface area contributed by atoms with E-state index in [1.165, 1.54) is 6.92 Å². The standard InChI is InChI=1S/C17H19N3O2/c1-12-15(9-6-10-16(12)19-13(2)21)18-11-17(22)20-14-7-4-3-5-8-14/h3-10,18H,11H2,1-2H3,(H,19,21)(H,20,22). The van der Waals surface area contributed by atoms with Gasteiger partial charge in [0.25, 0.3) is 0 Å². The number of anilines is 3. The van der Waals surface area contributed by atoms with Gasteiger partial charge in [-0.2, -0.15) is 0 Å². The molecule has 22 heavy (non-hydrogen) atoms. The fraction of sp³-hybridized carbons (Fsp3) is 0.176. The summed E-state index contributed by atoms with van der Waals surface area (Å²) in [6.07, 6.45) is 0. The molecule has 0 unspecified atom stereocenters. The van der Waals surface area contributed by atoms with Crippen LogP contribution in [0, 0.1) is 6.92 Å². The van der Waals surface area contributed by atoms with Crippen molar-refractivity contribution in [3.8, 4) is 0 Å². The Balaban J connectivity index is 1.96. The van der Waals surface area contributed by atoms with Crippen molar-refractivity contribution in [2.75, 3.05) is 22.5 Å². The van der Waals surface area contributed by atoms with Crippen molar-refractivity contribution in [2.24, 2.45) is 0 Å². The van der Waals surface area contributed by atoms with Gasteiger partial charge in [-0.25, -0.2) is 0 Å². The monoisotopic (exact) mass is 297 g/mol. The third-order valence-corrected chi connectivity index (χ3v) is 3.14. The molecule has 0 saturated heterocycles. The highest BCUT2D eigenvalue weighted by atomic mass is 16.2. The largest absolute Gasteiger partial charge is 0.376 e. The van der Waals surface area contributed by atoms with Crippen molar-refractivity contribution in [3.05, 3.63) is 54.1 Å². The molecule has 0 aromatic heterocycles. The maximum Gasteiger partial charge on any atom is 0.243 e. The summed E-state index contributed by atoms with van der Waals surface area (Å²) in [6.45, 7) is 3.51. The SMILES string of the molecule is CC(=O)Nc1cccc(NCC(=O)Nc2ccccc2)c1C. The van der Waals surface area contributed by atoms with Gasteiger partial charge >= 0.3 is 0 Å². The van der Waals surface area contributed by atoms with Gasteiger partial charge in [0, 0.05) is 24.0 Å². The maximum absolute atomic E-state index is 11.9. The predicted molar refractivity (Wildman–Crippen MR) is 89.0 cm³/mol. The summed E-state index contributed by atoms with van der Waals surface area (Å²) in [5.74, 6) is -0.252. The molecular weight excluding hydrogens is 278 g/mol. The molecule has 0 aliphatic heterocycles. The van der Waals surface area contributed by atoms with Crippen LogP contribution in [0.25, 0.3) is 0 Å². The molecule has 0 radical (unpaired) electrons. The Labute approximate surface area is 129 Å². The van der Waals surface area contributed by atoms with Gasteiger partial charge in [0.15, 0.2) is 0 Å². The van der Waals surface area contributed by atoms with Crippen LogP contribution in [0.5, 0.6) is 0 Å². The molecular formula is C17H19N3O2. The van der Waals surface area contributed by atoms with E-state index in [0.29, 0.717) is 0 Å². The highest BCUT2D eigenvalue weighted by molar-refractivity contribution is 5.94. The van der Waals surface area contributed by atoms with E-state index in [4.69, 9.17) is 0 Å². The summed E-state index contributed by atoms with van der Waals surface area (Å²) in [6, 6.07) is 14.8. The number of hydrogen-bond acceptors (Lipinski definition) is 3. The van der Waals surface area contributed by atoms with Crippen LogP contribution in [0.15, 0.2) is 48.5 Å². The molecule has 5 heteroatoms. The summed E-state index contributed by atoms with van der Waals surface area (Å²) < 4.78 is 0. The second-order valence-corrected chi connectivity index (χ2v) is 4.93. The number of amides is 2. The number of benzene rings is 2. The molecule has 2 aromatic carbocycles. The summed E-state index contributed by atoms with van der Waals surface area (Å²) in [5.41, 5.74) is 3.21. The van der Waals surface area contributed by atoms with E-state index in [9.17, 15) is 9.59 Å². The Hall–Kier alpha value is -2.82. The van der Waals surface area contributed by atoms with Crippen molar-refractivity contribution < 1.29 is 9.59 Å². The van der Waals surface area contributed by atoms with Crippen LogP contribution in [0.4, 0.5) is 17.1 Å². The number of para-hydroxylation sites is 1. The summed E-state index contributed by atoms with van der Waals surface area (Å²) >= 11 is 0. The lowest BCUT2D eigenvalue weighted by Crippen LogP contribution is -2.22. The minimum atomic E-state index is -0.129. The van der Waals surface area contributed by atoms with E-state index in [2.05, 4.69) is 16.0 Å². The molecule has 0 fully saturated rings. The first kappa shape index (κ1) is 15.6. The first-order valence-corrected chi connectivity index (χ1v) is 7.02. The molecule has 2 amide bonds. The van der Waals surface area contributed by atoms with Gasteiger partial charge in [0.05, 0.1) is 6.54 Å². The fourth-order valence-corrected chi connectivity index (χ4v) is 2.05. The highest BCUT2D eigenvalue weighted by Gasteiger charge is 2.07. The molecule has 3 N–H and O–H groups in total. The molecule has 5 nitrogen and oxygen atoms in total. The van der Waals surface area contributed by atoms with Crippen molar-refractivity contribution >= 4 is 28.9 Å². The normalized spacial score (nSPS) is 9.91. The predicted octanol–water partition coefficient (Wildman–Crippen LogP) is 3.00. The zero-order valence-electron chi connectivity index (χ0n) is 12.6. The third-order valence-electron chi connectivity index (χ3n) is 3.14. The Morgan fingerprint density at radius 3 is 2.27 bits per heavy atom. The van der Waals surface area contributed by atoms with Crippen molar-refractivity contribution in [1.29, 1.82) is 0 Å². The lowest BCUT2D eigenvalue weighted by atomic mass is 10.1. The fourth-order valence-electron chi connectivity index (χ4n) is 2.05. The lowest BCUT2D eigenvalue weighted by Gasteiger charge is -2.13. The minimum Gasteiger partial charge on any atom is -0.376 e. The second-order valence-electron chi connectivity index (χ2n) is 4.93. The van der Waals surface area contributed by atoms with Crippen LogP contribution >= 0.6 is 0 Å². The van der Waals surface area contributed by atoms with E-state index >= 15 is 0 Å². The smallest absolute Gasteiger partial charge is 0.243 e. The van der Waals surface area contributed by atoms with E-state index in [-0.39, 0.29) is 18.4 Å². The lowest BCUT2D eigenvalue weighted by molar-refractivity contribution is -0.115. The Kier molecular flexibility index (Phi) is 5.14. The topological polar surface area (TPSA) is 70.2 Å². The van der Waals surface area contributed by atoms with Gasteiger partial charge in [-0.1, -0.05) is 24.3 Å². The van der Waals surface area contributed by atoms with Crippen LogP contribution in [-0.4, -0.2) is 18.4 Å². The quantitative estimate of drug-likeness (QED) is 0.794. The number of rotatable bonds is 5. The molecule has 2 rings (SSSR count). The summed E-state index contributed by atoms with van der Waals surface area (Å²) in [7, 11) is 0. The first-order chi connectivity index (χ1) is 10.6. The van der Waals surface area contributed by atoms with Gasteiger partial charge in [0.1, 0.15) is 0 Å². The average Bonchev–Trinajstić information content (AvgIpc) is 2.49. The first-order valence-electron chi connectivity index (χ1n) is 7.02. The van der Waals surface area contributed by atoms with E-state index in [0.717, 1.165) is 22.6 Å². The zero-order valence-corrected chi connectivity index (χ0v) is 12.6. The average molecular weight is 297 g/mol. The summed E-state index contributed by atoms with van der Waals surface area (Å²) in [5, 5.41) is 8.65. The van der Waals surface area contributed by atoms with Crippen molar-refractivity contribution in [3.63, 3.8) is 0 Å². The van der Waals surface area contributed by atoms with Crippen LogP contribution in [0.3, 0.4) is 0 Å². The summed E-state index contributed by atoms with van der Waals surface area (Å²) in [4.78, 5) is 23.1. The van der Waals surface area contributed by atoms with E-state index in [1.807, 2.05) is 55.5 Å². The van der Waals surface area contributed by atoms with Gasteiger partial charge in [0.2, 0.25) is 11.8 Å². The van der Waals surface area contributed by atoms with Crippen molar-refractivity contribution in [1.82, 2.24) is 0 Å². The van der Waals surface area contributed by atoms with Crippen molar-refractivity contribution in [2.45, 2.75) is 13.8 Å². The van der Waals surface area contributed by atoms with Gasteiger partial charge in [-0.15, -0.1) is 0 Å². The molecule has 0 aliphatic carbocycles. The van der Waals surface area contributed by atoms with Crippen LogP contribution < -0.4 is 16.0 Å². The molecule has 114 valence electrons. The number of hydrogen-bond donors (Lipinski definition) is 3. The molecule has 0 heterocycles. The molecule has 0 aliphatic rings. The second kappa shape index (κ2) is 7.26. The van der Waals surface area contributed by atoms with Gasteiger partial charge < -0.3 is 16.0 Å². The molecule has 0 bridgehead atoms.